The number of ether oxygens (including phenoxy) is 1. The van der Waals surface area contributed by atoms with Gasteiger partial charge >= 0.3 is 23.9 Å². The van der Waals surface area contributed by atoms with Crippen LogP contribution in [0.5, 0.6) is 0 Å². The number of carboxylic acids is 1. The van der Waals surface area contributed by atoms with E-state index in [4.69, 9.17) is 5.11 Å². The molecule has 0 atom stereocenters. The van der Waals surface area contributed by atoms with Crippen LogP contribution in [0.1, 0.15) is 5.56 Å². The van der Waals surface area contributed by atoms with Crippen molar-refractivity contribution in [2.45, 2.75) is 24.6 Å². The number of hydrogen-bond acceptors (Lipinski definition) is 2. The fourth-order valence-corrected chi connectivity index (χ4v) is 2.15. The van der Waals surface area contributed by atoms with Gasteiger partial charge in [-0.25, -0.2) is 4.79 Å². The lowest BCUT2D eigenvalue weighted by atomic mass is 10.0. The topological polar surface area (TPSA) is 46.5 Å². The third-order valence-corrected chi connectivity index (χ3v) is 3.37. The lowest BCUT2D eigenvalue weighted by Crippen LogP contribution is -2.64. The molecule has 130 valence electrons. The number of carbonyl (C=O) groups is 1. The molecule has 0 radical (unpaired) electrons. The van der Waals surface area contributed by atoms with Crippen molar-refractivity contribution in [2.75, 3.05) is 0 Å². The zero-order valence-electron chi connectivity index (χ0n) is 11.8. The minimum Gasteiger partial charge on any atom is -0.479 e. The SMILES string of the molecule is O=C(O)C(OCc1ccc2ccccc2c1)(C(F)(F)F)C(F)(F)F. The third-order valence-electron chi connectivity index (χ3n) is 3.37. The molecule has 9 heteroatoms. The molecule has 0 spiro atoms. The van der Waals surface area contributed by atoms with Gasteiger partial charge in [-0.05, 0) is 22.4 Å². The van der Waals surface area contributed by atoms with Gasteiger partial charge in [-0.2, -0.15) is 26.3 Å². The molecule has 24 heavy (non-hydrogen) atoms. The van der Waals surface area contributed by atoms with Crippen LogP contribution in [0, 0.1) is 0 Å². The van der Waals surface area contributed by atoms with E-state index in [1.165, 1.54) is 18.2 Å². The van der Waals surface area contributed by atoms with Gasteiger partial charge in [0.1, 0.15) is 0 Å². The van der Waals surface area contributed by atoms with Crippen molar-refractivity contribution in [3.8, 4) is 0 Å². The molecule has 0 saturated heterocycles. The molecule has 0 aliphatic rings. The quantitative estimate of drug-likeness (QED) is 0.835. The standard InChI is InChI=1S/C15H10F6O3/c16-14(17,18)13(12(22)23,15(19,20)21)24-8-9-5-6-10-3-1-2-4-11(10)7-9/h1-7H,8H2,(H,22,23). The lowest BCUT2D eigenvalue weighted by molar-refractivity contribution is -0.370. The van der Waals surface area contributed by atoms with Crippen molar-refractivity contribution in [1.82, 2.24) is 0 Å². The Morgan fingerprint density at radius 3 is 1.96 bits per heavy atom. The highest BCUT2D eigenvalue weighted by atomic mass is 19.4. The van der Waals surface area contributed by atoms with Crippen molar-refractivity contribution in [1.29, 1.82) is 0 Å². The van der Waals surface area contributed by atoms with Gasteiger partial charge in [-0.3, -0.25) is 0 Å². The fraction of sp³-hybridized carbons (Fsp3) is 0.267. The van der Waals surface area contributed by atoms with Crippen LogP contribution in [0.4, 0.5) is 26.3 Å². The summed E-state index contributed by atoms with van der Waals surface area (Å²) in [4.78, 5) is 10.8. The van der Waals surface area contributed by atoms with Crippen LogP contribution in [-0.2, 0) is 16.1 Å². The van der Waals surface area contributed by atoms with Gasteiger partial charge in [0, 0.05) is 0 Å². The largest absolute Gasteiger partial charge is 0.479 e. The highest BCUT2D eigenvalue weighted by Gasteiger charge is 2.78. The summed E-state index contributed by atoms with van der Waals surface area (Å²) in [5.74, 6) is -3.16. The molecule has 0 saturated carbocycles. The molecule has 0 fully saturated rings. The second kappa shape index (κ2) is 5.97. The maximum absolute atomic E-state index is 12.9. The third kappa shape index (κ3) is 3.03. The Bertz CT molecular complexity index is 737. The summed E-state index contributed by atoms with van der Waals surface area (Å²) in [6.07, 6.45) is -12.3. The maximum Gasteiger partial charge on any atom is 0.437 e. The zero-order chi connectivity index (χ0) is 18.2. The summed E-state index contributed by atoms with van der Waals surface area (Å²) in [6.45, 7) is -1.17. The van der Waals surface area contributed by atoms with Crippen molar-refractivity contribution < 1.29 is 41.0 Å². The molecule has 0 aromatic heterocycles. The van der Waals surface area contributed by atoms with Gasteiger partial charge in [0.15, 0.2) is 0 Å². The van der Waals surface area contributed by atoms with Crippen LogP contribution >= 0.6 is 0 Å². The number of rotatable bonds is 4. The Kier molecular flexibility index (Phi) is 4.49. The molecular weight excluding hydrogens is 342 g/mol. The minimum atomic E-state index is -6.17. The molecular formula is C15H10F6O3. The van der Waals surface area contributed by atoms with Crippen molar-refractivity contribution in [3.05, 3.63) is 48.0 Å². The average molecular weight is 352 g/mol. The first-order valence-corrected chi connectivity index (χ1v) is 6.47. The molecule has 0 unspecified atom stereocenters. The van der Waals surface area contributed by atoms with E-state index in [0.29, 0.717) is 5.39 Å². The number of aliphatic carboxylic acids is 1. The number of carboxylic acid groups (broad SMARTS) is 1. The molecule has 0 aliphatic heterocycles. The molecule has 0 amide bonds. The predicted molar refractivity (Wildman–Crippen MR) is 71.2 cm³/mol. The number of alkyl halides is 6. The number of hydrogen-bond donors (Lipinski definition) is 1. The highest BCUT2D eigenvalue weighted by Crippen LogP contribution is 2.46. The Hall–Kier alpha value is -2.29. The summed E-state index contributed by atoms with van der Waals surface area (Å²) in [5.41, 5.74) is -5.31. The Morgan fingerprint density at radius 1 is 0.917 bits per heavy atom. The van der Waals surface area contributed by atoms with Crippen LogP contribution in [0.15, 0.2) is 42.5 Å². The fourth-order valence-electron chi connectivity index (χ4n) is 2.15. The zero-order valence-corrected chi connectivity index (χ0v) is 11.8. The number of halogens is 6. The molecule has 0 bridgehead atoms. The Labute approximate surface area is 131 Å². The van der Waals surface area contributed by atoms with E-state index in [0.717, 1.165) is 5.39 Å². The molecule has 0 aliphatic carbocycles. The first-order chi connectivity index (χ1) is 11.0. The minimum absolute atomic E-state index is 0.0205. The lowest BCUT2D eigenvalue weighted by Gasteiger charge is -2.33. The first kappa shape index (κ1) is 18.1. The van der Waals surface area contributed by atoms with Gasteiger partial charge in [0.25, 0.3) is 0 Å². The smallest absolute Gasteiger partial charge is 0.437 e. The first-order valence-electron chi connectivity index (χ1n) is 6.47. The van der Waals surface area contributed by atoms with E-state index in [1.54, 1.807) is 24.3 Å². The van der Waals surface area contributed by atoms with E-state index in [2.05, 4.69) is 4.74 Å². The molecule has 2 aromatic rings. The van der Waals surface area contributed by atoms with Crippen molar-refractivity contribution in [3.63, 3.8) is 0 Å². The summed E-state index contributed by atoms with van der Waals surface area (Å²) in [6, 6.07) is 10.7. The molecule has 3 nitrogen and oxygen atoms in total. The van der Waals surface area contributed by atoms with Crippen LogP contribution in [0.25, 0.3) is 10.8 Å². The second-order valence-corrected chi connectivity index (χ2v) is 4.95. The average Bonchev–Trinajstić information content (AvgIpc) is 2.44. The predicted octanol–water partition coefficient (Wildman–Crippen LogP) is 4.30. The van der Waals surface area contributed by atoms with E-state index in [1.807, 2.05) is 0 Å². The van der Waals surface area contributed by atoms with Gasteiger partial charge in [-0.15, -0.1) is 0 Å². The Balaban J connectivity index is 2.38. The highest BCUT2D eigenvalue weighted by molar-refractivity contribution is 5.83. The molecule has 0 heterocycles. The van der Waals surface area contributed by atoms with E-state index < -0.39 is 30.5 Å². The van der Waals surface area contributed by atoms with Gasteiger partial charge in [0.05, 0.1) is 6.61 Å². The van der Waals surface area contributed by atoms with E-state index in [-0.39, 0.29) is 5.56 Å². The summed E-state index contributed by atoms with van der Waals surface area (Å²) in [7, 11) is 0. The van der Waals surface area contributed by atoms with Gasteiger partial charge in [0.2, 0.25) is 0 Å². The van der Waals surface area contributed by atoms with Gasteiger partial charge < -0.3 is 9.84 Å². The summed E-state index contributed by atoms with van der Waals surface area (Å²) >= 11 is 0. The van der Waals surface area contributed by atoms with Crippen molar-refractivity contribution in [2.24, 2.45) is 0 Å². The van der Waals surface area contributed by atoms with Crippen molar-refractivity contribution >= 4 is 16.7 Å². The van der Waals surface area contributed by atoms with Crippen LogP contribution < -0.4 is 0 Å². The summed E-state index contributed by atoms with van der Waals surface area (Å²) < 4.78 is 81.0. The van der Waals surface area contributed by atoms with Gasteiger partial charge in [-0.1, -0.05) is 36.4 Å². The molecule has 2 rings (SSSR count). The normalized spacial score (nSPS) is 13.2. The molecule has 2 aromatic carbocycles. The van der Waals surface area contributed by atoms with Crippen LogP contribution in [-0.4, -0.2) is 29.0 Å². The molecule has 1 N–H and O–H groups in total. The number of benzene rings is 2. The van der Waals surface area contributed by atoms with Crippen LogP contribution in [0.2, 0.25) is 0 Å². The van der Waals surface area contributed by atoms with E-state index >= 15 is 0 Å². The maximum atomic E-state index is 12.9. The monoisotopic (exact) mass is 352 g/mol. The number of fused-ring (bicyclic) bond motifs is 1. The Morgan fingerprint density at radius 2 is 1.46 bits per heavy atom. The summed E-state index contributed by atoms with van der Waals surface area (Å²) in [5, 5.41) is 9.87. The van der Waals surface area contributed by atoms with Crippen LogP contribution in [0.3, 0.4) is 0 Å². The second-order valence-electron chi connectivity index (χ2n) is 4.95. The van der Waals surface area contributed by atoms with E-state index in [9.17, 15) is 31.1 Å².